The molecule has 0 fully saturated rings. The minimum atomic E-state index is 0.605. The van der Waals surface area contributed by atoms with Gasteiger partial charge in [-0.25, -0.2) is 15.0 Å². The molecule has 5 heteroatoms. The van der Waals surface area contributed by atoms with Crippen molar-refractivity contribution in [3.05, 3.63) is 150 Å². The maximum Gasteiger partial charge on any atom is 0.164 e. The van der Waals surface area contributed by atoms with Crippen LogP contribution in [0.15, 0.2) is 138 Å². The van der Waals surface area contributed by atoms with Crippen molar-refractivity contribution in [1.82, 2.24) is 15.0 Å². The normalized spacial score (nSPS) is 12.4. The van der Waals surface area contributed by atoms with E-state index in [0.717, 1.165) is 49.8 Å². The highest BCUT2D eigenvalue weighted by Crippen LogP contribution is 2.39. The third kappa shape index (κ3) is 4.45. The standard InChI is InChI=1S/C40H25N4O/c1-2-8-27(9-3-1)38-42-39(28-16-13-26(14-17-28)30-18-15-25-7-4-5-10-29(25)21-30)44-40(43-38)33-11-6-12-35-37(33)34-22-32-24-41-20-19-31(32)23-36(34)45-35/h1-23H,24H2/q-1. The zero-order valence-corrected chi connectivity index (χ0v) is 24.2. The smallest absolute Gasteiger partial charge is 0.164 e. The van der Waals surface area contributed by atoms with Crippen LogP contribution < -0.4 is 0 Å². The van der Waals surface area contributed by atoms with E-state index in [9.17, 15) is 0 Å². The summed E-state index contributed by atoms with van der Waals surface area (Å²) < 4.78 is 6.36. The Kier molecular flexibility index (Phi) is 5.81. The quantitative estimate of drug-likeness (QED) is 0.209. The second-order valence-corrected chi connectivity index (χ2v) is 11.3. The zero-order chi connectivity index (χ0) is 29.7. The average Bonchev–Trinajstić information content (AvgIpc) is 3.48. The molecule has 45 heavy (non-hydrogen) atoms. The molecule has 3 heterocycles. The number of aromatic nitrogens is 3. The first-order valence-electron chi connectivity index (χ1n) is 15.0. The van der Waals surface area contributed by atoms with Crippen molar-refractivity contribution in [1.29, 1.82) is 0 Å². The number of rotatable bonds is 4. The van der Waals surface area contributed by atoms with E-state index in [1.807, 2.05) is 54.7 Å². The minimum absolute atomic E-state index is 0.605. The van der Waals surface area contributed by atoms with Gasteiger partial charge in [0, 0.05) is 27.5 Å². The Bertz CT molecular complexity index is 2420. The molecule has 1 aliphatic rings. The lowest BCUT2D eigenvalue weighted by atomic mass is 9.99. The zero-order valence-electron chi connectivity index (χ0n) is 24.2. The van der Waals surface area contributed by atoms with Crippen LogP contribution in [-0.4, -0.2) is 15.0 Å². The van der Waals surface area contributed by atoms with E-state index >= 15 is 0 Å². The summed E-state index contributed by atoms with van der Waals surface area (Å²) in [5.74, 6) is 1.85. The number of fused-ring (bicyclic) bond motifs is 5. The van der Waals surface area contributed by atoms with Gasteiger partial charge >= 0.3 is 0 Å². The summed E-state index contributed by atoms with van der Waals surface area (Å²) in [6, 6.07) is 43.9. The molecule has 0 atom stereocenters. The first kappa shape index (κ1) is 25.4. The summed E-state index contributed by atoms with van der Waals surface area (Å²) in [6.07, 6.45) is 3.89. The Labute approximate surface area is 259 Å². The van der Waals surface area contributed by atoms with E-state index < -0.39 is 0 Å². The number of hydrogen-bond donors (Lipinski definition) is 0. The molecule has 1 aliphatic heterocycles. The topological polar surface area (TPSA) is 65.9 Å². The number of furan rings is 1. The van der Waals surface area contributed by atoms with Crippen LogP contribution >= 0.6 is 0 Å². The molecule has 0 saturated carbocycles. The Hall–Kier alpha value is -6.07. The molecule has 0 radical (unpaired) electrons. The Morgan fingerprint density at radius 3 is 2.09 bits per heavy atom. The van der Waals surface area contributed by atoms with Crippen LogP contribution in [0.5, 0.6) is 0 Å². The van der Waals surface area contributed by atoms with Crippen molar-refractivity contribution in [3.63, 3.8) is 0 Å². The highest BCUT2D eigenvalue weighted by Gasteiger charge is 2.19. The van der Waals surface area contributed by atoms with Crippen LogP contribution in [0.4, 0.5) is 0 Å². The van der Waals surface area contributed by atoms with Crippen molar-refractivity contribution < 1.29 is 4.42 Å². The Balaban J connectivity index is 1.20. The van der Waals surface area contributed by atoms with Gasteiger partial charge in [0.15, 0.2) is 17.5 Å². The largest absolute Gasteiger partial charge is 0.687 e. The van der Waals surface area contributed by atoms with Crippen LogP contribution in [-0.2, 0) is 6.54 Å². The third-order valence-corrected chi connectivity index (χ3v) is 8.51. The Morgan fingerprint density at radius 1 is 0.533 bits per heavy atom. The maximum atomic E-state index is 6.36. The van der Waals surface area contributed by atoms with E-state index in [-0.39, 0.29) is 0 Å². The SMILES string of the molecule is C1=Cc2cc3oc4cccc(-c5nc(-c6ccccc6)nc(-c6ccc(-c7ccc8ccccc8c7)cc6)n5)c4c3cc2C[N-]1. The molecule has 5 nitrogen and oxygen atoms in total. The van der Waals surface area contributed by atoms with Crippen LogP contribution in [0.2, 0.25) is 0 Å². The highest BCUT2D eigenvalue weighted by molar-refractivity contribution is 6.12. The Morgan fingerprint density at radius 2 is 1.24 bits per heavy atom. The van der Waals surface area contributed by atoms with Gasteiger partial charge in [-0.3, -0.25) is 0 Å². The molecule has 0 aliphatic carbocycles. The van der Waals surface area contributed by atoms with E-state index in [2.05, 4.69) is 90.2 Å². The predicted molar refractivity (Wildman–Crippen MR) is 182 cm³/mol. The predicted octanol–water partition coefficient (Wildman–Crippen LogP) is 10.5. The van der Waals surface area contributed by atoms with Crippen molar-refractivity contribution in [2.75, 3.05) is 0 Å². The summed E-state index contributed by atoms with van der Waals surface area (Å²) >= 11 is 0. The summed E-state index contributed by atoms with van der Waals surface area (Å²) in [6.45, 7) is 0.653. The third-order valence-electron chi connectivity index (χ3n) is 8.51. The lowest BCUT2D eigenvalue weighted by Gasteiger charge is -2.22. The summed E-state index contributed by atoms with van der Waals surface area (Å²) in [7, 11) is 0. The van der Waals surface area contributed by atoms with Gasteiger partial charge in [0.25, 0.3) is 0 Å². The lowest BCUT2D eigenvalue weighted by Crippen LogP contribution is -2.00. The van der Waals surface area contributed by atoms with Crippen molar-refractivity contribution in [2.24, 2.45) is 0 Å². The van der Waals surface area contributed by atoms with Gasteiger partial charge in [-0.15, -0.1) is 6.54 Å². The van der Waals surface area contributed by atoms with Crippen molar-refractivity contribution >= 4 is 38.8 Å². The van der Waals surface area contributed by atoms with Gasteiger partial charge in [0.1, 0.15) is 11.2 Å². The summed E-state index contributed by atoms with van der Waals surface area (Å²) in [4.78, 5) is 15.1. The molecule has 0 amide bonds. The summed E-state index contributed by atoms with van der Waals surface area (Å²) in [5.41, 5.74) is 9.02. The molecule has 6 aromatic carbocycles. The van der Waals surface area contributed by atoms with Crippen LogP contribution in [0, 0.1) is 0 Å². The van der Waals surface area contributed by atoms with Crippen LogP contribution in [0.1, 0.15) is 11.1 Å². The van der Waals surface area contributed by atoms with E-state index in [1.165, 1.54) is 21.9 Å². The molecule has 0 bridgehead atoms. The van der Waals surface area contributed by atoms with E-state index in [1.54, 1.807) is 0 Å². The number of nitrogens with zero attached hydrogens (tertiary/aromatic N) is 4. The lowest BCUT2D eigenvalue weighted by molar-refractivity contribution is 0.668. The van der Waals surface area contributed by atoms with Crippen molar-refractivity contribution in [2.45, 2.75) is 6.54 Å². The maximum absolute atomic E-state index is 6.36. The van der Waals surface area contributed by atoms with Crippen molar-refractivity contribution in [3.8, 4) is 45.3 Å². The van der Waals surface area contributed by atoms with E-state index in [0.29, 0.717) is 24.0 Å². The fraction of sp³-hybridized carbons (Fsp3) is 0.0250. The van der Waals surface area contributed by atoms with Crippen LogP contribution in [0.25, 0.3) is 89.4 Å². The first-order valence-corrected chi connectivity index (χ1v) is 15.0. The molecule has 2 aromatic heterocycles. The summed E-state index contributed by atoms with van der Waals surface area (Å²) in [5, 5.41) is 8.94. The molecule has 0 N–H and O–H groups in total. The van der Waals surface area contributed by atoms with Gasteiger partial charge in [-0.1, -0.05) is 115 Å². The molecule has 9 rings (SSSR count). The molecule has 8 aromatic rings. The molecule has 212 valence electrons. The van der Waals surface area contributed by atoms with E-state index in [4.69, 9.17) is 19.4 Å². The number of hydrogen-bond acceptors (Lipinski definition) is 4. The second kappa shape index (κ2) is 10.3. The van der Waals surface area contributed by atoms with Gasteiger partial charge in [0.2, 0.25) is 0 Å². The minimum Gasteiger partial charge on any atom is -0.687 e. The molecule has 0 unspecified atom stereocenters. The number of benzene rings is 6. The highest BCUT2D eigenvalue weighted by atomic mass is 16.3. The molecule has 0 spiro atoms. The fourth-order valence-corrected chi connectivity index (χ4v) is 6.22. The van der Waals surface area contributed by atoms with Gasteiger partial charge in [-0.2, -0.15) is 6.20 Å². The monoisotopic (exact) mass is 577 g/mol. The van der Waals surface area contributed by atoms with Gasteiger partial charge in [-0.05, 0) is 51.7 Å². The fourth-order valence-electron chi connectivity index (χ4n) is 6.22. The molecular weight excluding hydrogens is 552 g/mol. The molecule has 0 saturated heterocycles. The van der Waals surface area contributed by atoms with Gasteiger partial charge < -0.3 is 9.73 Å². The van der Waals surface area contributed by atoms with Gasteiger partial charge in [0.05, 0.1) is 0 Å². The average molecular weight is 578 g/mol. The first-order chi connectivity index (χ1) is 22.3. The second-order valence-electron chi connectivity index (χ2n) is 11.3. The van der Waals surface area contributed by atoms with Crippen LogP contribution in [0.3, 0.4) is 0 Å². The molecular formula is C40H25N4O-.